The summed E-state index contributed by atoms with van der Waals surface area (Å²) in [5, 5.41) is 2.75. The number of nitrogens with zero attached hydrogens (tertiary/aromatic N) is 2. The van der Waals surface area contributed by atoms with E-state index >= 15 is 0 Å². The third-order valence-corrected chi connectivity index (χ3v) is 4.71. The minimum absolute atomic E-state index is 0. The maximum Gasteiger partial charge on any atom is 0.277 e. The fourth-order valence-electron chi connectivity index (χ4n) is 2.37. The Hall–Kier alpha value is -0.950. The summed E-state index contributed by atoms with van der Waals surface area (Å²) in [7, 11) is 0. The summed E-state index contributed by atoms with van der Waals surface area (Å²) in [6.45, 7) is 1.27. The molecule has 21 heavy (non-hydrogen) atoms. The van der Waals surface area contributed by atoms with Crippen LogP contribution in [0.1, 0.15) is 21.1 Å². The molecule has 0 spiro atoms. The lowest BCUT2D eigenvalue weighted by Gasteiger charge is -2.15. The molecule has 3 rings (SSSR count). The molecule has 0 bridgehead atoms. The van der Waals surface area contributed by atoms with Crippen LogP contribution in [-0.2, 0) is 12.8 Å². The zero-order valence-corrected chi connectivity index (χ0v) is 14.4. The highest BCUT2D eigenvalue weighted by Crippen LogP contribution is 2.31. The number of benzene rings is 1. The van der Waals surface area contributed by atoms with Gasteiger partial charge < -0.3 is 10.6 Å². The van der Waals surface area contributed by atoms with E-state index in [0.29, 0.717) is 18.8 Å². The van der Waals surface area contributed by atoms with Gasteiger partial charge in [-0.1, -0.05) is 15.9 Å². The van der Waals surface area contributed by atoms with Gasteiger partial charge in [-0.15, -0.1) is 23.7 Å². The molecule has 1 aromatic heterocycles. The second kappa shape index (κ2) is 6.87. The van der Waals surface area contributed by atoms with Gasteiger partial charge in [0.15, 0.2) is 0 Å². The molecule has 7 heteroatoms. The maximum atomic E-state index is 12.5. The Balaban J connectivity index is 0.00000161. The van der Waals surface area contributed by atoms with Crippen LogP contribution in [0.3, 0.4) is 0 Å². The topological polar surface area (TPSA) is 59.2 Å². The number of fused-ring (bicyclic) bond motifs is 1. The van der Waals surface area contributed by atoms with E-state index in [-0.39, 0.29) is 18.3 Å². The first-order chi connectivity index (χ1) is 9.69. The number of hydrogen-bond donors (Lipinski definition) is 1. The van der Waals surface area contributed by atoms with Crippen LogP contribution in [-0.4, -0.2) is 24.0 Å². The van der Waals surface area contributed by atoms with E-state index in [4.69, 9.17) is 5.73 Å². The Kier molecular flexibility index (Phi) is 5.37. The molecule has 1 aromatic carbocycles. The second-order valence-corrected chi connectivity index (χ2v) is 6.50. The van der Waals surface area contributed by atoms with E-state index in [9.17, 15) is 4.79 Å². The summed E-state index contributed by atoms with van der Waals surface area (Å²) in [6.07, 6.45) is 1.61. The van der Waals surface area contributed by atoms with Crippen molar-refractivity contribution < 1.29 is 4.79 Å². The molecule has 2 heterocycles. The lowest BCUT2D eigenvalue weighted by Crippen LogP contribution is -2.29. The van der Waals surface area contributed by atoms with Gasteiger partial charge in [-0.3, -0.25) is 4.79 Å². The summed E-state index contributed by atoms with van der Waals surface area (Å²) in [5.41, 5.74) is 8.23. The summed E-state index contributed by atoms with van der Waals surface area (Å²) in [5.74, 6) is -0.0226. The third kappa shape index (κ3) is 3.29. The van der Waals surface area contributed by atoms with Crippen LogP contribution >= 0.6 is 39.7 Å². The largest absolute Gasteiger partial charge is 0.330 e. The van der Waals surface area contributed by atoms with Crippen LogP contribution in [0.4, 0.5) is 5.69 Å². The maximum absolute atomic E-state index is 12.5. The number of hydrogen-bond acceptors (Lipinski definition) is 4. The molecule has 1 aliphatic rings. The number of amides is 1. The zero-order valence-electron chi connectivity index (χ0n) is 11.2. The molecule has 112 valence electrons. The van der Waals surface area contributed by atoms with Crippen LogP contribution in [0.25, 0.3) is 0 Å². The first-order valence-electron chi connectivity index (χ1n) is 6.44. The number of anilines is 1. The molecule has 1 aliphatic heterocycles. The lowest BCUT2D eigenvalue weighted by molar-refractivity contribution is 0.0985. The molecule has 1 amide bonds. The Morgan fingerprint density at radius 3 is 3.05 bits per heavy atom. The Bertz CT molecular complexity index is 661. The first-order valence-corrected chi connectivity index (χ1v) is 8.11. The van der Waals surface area contributed by atoms with Gasteiger partial charge in [0, 0.05) is 28.5 Å². The van der Waals surface area contributed by atoms with Gasteiger partial charge in [-0.25, -0.2) is 4.98 Å². The number of thiazole rings is 1. The van der Waals surface area contributed by atoms with Gasteiger partial charge in [0.05, 0.1) is 5.01 Å². The number of rotatable bonds is 3. The van der Waals surface area contributed by atoms with E-state index in [1.807, 2.05) is 22.4 Å². The summed E-state index contributed by atoms with van der Waals surface area (Å²) < 4.78 is 1.05. The predicted octanol–water partition coefficient (Wildman–Crippen LogP) is 3.03. The Labute approximate surface area is 141 Å². The number of halogens is 2. The molecule has 0 atom stereocenters. The van der Waals surface area contributed by atoms with E-state index in [1.54, 1.807) is 0 Å². The van der Waals surface area contributed by atoms with Crippen LogP contribution in [0.5, 0.6) is 0 Å². The van der Waals surface area contributed by atoms with Crippen molar-refractivity contribution in [2.24, 2.45) is 5.73 Å². The van der Waals surface area contributed by atoms with Crippen molar-refractivity contribution in [3.05, 3.63) is 44.3 Å². The molecule has 0 unspecified atom stereocenters. The molecule has 0 radical (unpaired) electrons. The minimum atomic E-state index is -0.0226. The van der Waals surface area contributed by atoms with Crippen molar-refractivity contribution in [2.75, 3.05) is 18.0 Å². The summed E-state index contributed by atoms with van der Waals surface area (Å²) >= 11 is 4.96. The summed E-state index contributed by atoms with van der Waals surface area (Å²) in [6, 6.07) is 6.02. The molecular formula is C14H15BrClN3OS. The quantitative estimate of drug-likeness (QED) is 0.879. The third-order valence-electron chi connectivity index (χ3n) is 3.31. The molecule has 0 saturated carbocycles. The number of aromatic nitrogens is 1. The first kappa shape index (κ1) is 16.4. The van der Waals surface area contributed by atoms with Gasteiger partial charge >= 0.3 is 0 Å². The van der Waals surface area contributed by atoms with Crippen molar-refractivity contribution in [3.63, 3.8) is 0 Å². The standard InChI is InChI=1S/C14H14BrN3OS.ClH/c15-10-1-2-12-9(7-10)4-6-18(12)14(19)11-8-20-13(17-11)3-5-16;/h1-2,7-8H,3-6,16H2;1H. The fraction of sp³-hybridized carbons (Fsp3) is 0.286. The normalized spacial score (nSPS) is 13.0. The smallest absolute Gasteiger partial charge is 0.277 e. The van der Waals surface area contributed by atoms with E-state index < -0.39 is 0 Å². The van der Waals surface area contributed by atoms with E-state index in [1.165, 1.54) is 16.9 Å². The van der Waals surface area contributed by atoms with Crippen molar-refractivity contribution in [3.8, 4) is 0 Å². The van der Waals surface area contributed by atoms with Gasteiger partial charge in [-0.2, -0.15) is 0 Å². The van der Waals surface area contributed by atoms with Crippen molar-refractivity contribution in [1.29, 1.82) is 0 Å². The average molecular weight is 389 g/mol. The lowest BCUT2D eigenvalue weighted by atomic mass is 10.2. The van der Waals surface area contributed by atoms with Crippen LogP contribution in [0.15, 0.2) is 28.1 Å². The molecule has 0 saturated heterocycles. The number of carbonyl (C=O) groups excluding carboxylic acids is 1. The van der Waals surface area contributed by atoms with E-state index in [0.717, 1.165) is 28.0 Å². The molecular weight excluding hydrogens is 374 g/mol. The second-order valence-electron chi connectivity index (χ2n) is 4.64. The van der Waals surface area contributed by atoms with Crippen LogP contribution < -0.4 is 10.6 Å². The molecule has 2 N–H and O–H groups in total. The zero-order chi connectivity index (χ0) is 14.1. The van der Waals surface area contributed by atoms with E-state index in [2.05, 4.69) is 27.0 Å². The minimum Gasteiger partial charge on any atom is -0.330 e. The van der Waals surface area contributed by atoms with Crippen molar-refractivity contribution in [2.45, 2.75) is 12.8 Å². The number of nitrogens with two attached hydrogens (primary N) is 1. The van der Waals surface area contributed by atoms with Gasteiger partial charge in [-0.05, 0) is 36.7 Å². The van der Waals surface area contributed by atoms with Crippen molar-refractivity contribution >= 4 is 51.3 Å². The van der Waals surface area contributed by atoms with Crippen molar-refractivity contribution in [1.82, 2.24) is 4.98 Å². The van der Waals surface area contributed by atoms with Gasteiger partial charge in [0.1, 0.15) is 5.69 Å². The predicted molar refractivity (Wildman–Crippen MR) is 91.6 cm³/mol. The molecule has 0 fully saturated rings. The fourth-order valence-corrected chi connectivity index (χ4v) is 3.56. The highest BCUT2D eigenvalue weighted by Gasteiger charge is 2.27. The molecule has 4 nitrogen and oxygen atoms in total. The Morgan fingerprint density at radius 1 is 1.48 bits per heavy atom. The Morgan fingerprint density at radius 2 is 2.29 bits per heavy atom. The van der Waals surface area contributed by atoms with Crippen LogP contribution in [0, 0.1) is 0 Å². The number of carbonyl (C=O) groups is 1. The monoisotopic (exact) mass is 387 g/mol. The molecule has 2 aromatic rings. The van der Waals surface area contributed by atoms with Crippen LogP contribution in [0.2, 0.25) is 0 Å². The highest BCUT2D eigenvalue weighted by molar-refractivity contribution is 9.10. The van der Waals surface area contributed by atoms with Gasteiger partial charge in [0.25, 0.3) is 5.91 Å². The molecule has 0 aliphatic carbocycles. The SMILES string of the molecule is Cl.NCCc1nc(C(=O)N2CCc3cc(Br)ccc32)cs1. The summed E-state index contributed by atoms with van der Waals surface area (Å²) in [4.78, 5) is 18.7. The highest BCUT2D eigenvalue weighted by atomic mass is 79.9. The average Bonchev–Trinajstić information content (AvgIpc) is 3.04. The van der Waals surface area contributed by atoms with Gasteiger partial charge in [0.2, 0.25) is 0 Å².